The molecule has 0 radical (unpaired) electrons. The summed E-state index contributed by atoms with van der Waals surface area (Å²) in [5, 5.41) is 11.4. The number of imide groups is 1. The van der Waals surface area contributed by atoms with Gasteiger partial charge >= 0.3 is 0 Å². The molecule has 1 aliphatic heterocycles. The molecule has 1 aromatic heterocycles. The summed E-state index contributed by atoms with van der Waals surface area (Å²) in [7, 11) is 3.94. The molecule has 0 atom stereocenters. The summed E-state index contributed by atoms with van der Waals surface area (Å²) in [4.78, 5) is 25.8. The molecular weight excluding hydrogens is 436 g/mol. The van der Waals surface area contributed by atoms with Crippen LogP contribution in [0.4, 0.5) is 5.69 Å². The van der Waals surface area contributed by atoms with Crippen LogP contribution >= 0.6 is 11.6 Å². The monoisotopic (exact) mass is 460 g/mol. The number of rotatable bonds is 7. The first-order valence-corrected chi connectivity index (χ1v) is 11.5. The summed E-state index contributed by atoms with van der Waals surface area (Å²) in [5.74, 6) is -0.755. The minimum absolute atomic E-state index is 0.369. The Hall–Kier alpha value is -3.35. The van der Waals surface area contributed by atoms with Gasteiger partial charge in [-0.15, -0.1) is 0 Å². The van der Waals surface area contributed by atoms with Gasteiger partial charge in [0.25, 0.3) is 11.8 Å². The quantitative estimate of drug-likeness (QED) is 0.269. The number of anilines is 1. The number of fused-ring (bicyclic) bond motifs is 5. The predicted octanol–water partition coefficient (Wildman–Crippen LogP) is 4.95. The van der Waals surface area contributed by atoms with Gasteiger partial charge in [-0.05, 0) is 62.3 Å². The van der Waals surface area contributed by atoms with Gasteiger partial charge in [0.1, 0.15) is 0 Å². The zero-order valence-electron chi connectivity index (χ0n) is 18.6. The van der Waals surface area contributed by atoms with E-state index >= 15 is 0 Å². The number of benzene rings is 3. The van der Waals surface area contributed by atoms with E-state index in [1.54, 1.807) is 6.07 Å². The number of carbonyl (C=O) groups is 2. The molecule has 0 fully saturated rings. The number of hydrogen-bond acceptors (Lipinski definition) is 4. The third-order valence-electron chi connectivity index (χ3n) is 6.32. The van der Waals surface area contributed by atoms with Crippen molar-refractivity contribution in [2.45, 2.75) is 12.8 Å². The first-order valence-electron chi connectivity index (χ1n) is 11.1. The molecule has 168 valence electrons. The fourth-order valence-corrected chi connectivity index (χ4v) is 4.95. The van der Waals surface area contributed by atoms with Crippen LogP contribution in [0.15, 0.2) is 48.5 Å². The summed E-state index contributed by atoms with van der Waals surface area (Å²) in [5.41, 5.74) is 5.08. The zero-order chi connectivity index (χ0) is 23.1. The molecule has 0 saturated carbocycles. The molecule has 3 aromatic carbocycles. The number of amides is 2. The van der Waals surface area contributed by atoms with Crippen molar-refractivity contribution in [1.29, 1.82) is 0 Å². The second-order valence-electron chi connectivity index (χ2n) is 8.36. The van der Waals surface area contributed by atoms with Gasteiger partial charge in [-0.1, -0.05) is 29.8 Å². The number of nitrogens with one attached hydrogen (secondary N) is 3. The van der Waals surface area contributed by atoms with E-state index in [1.807, 2.05) is 38.4 Å². The standard InChI is InChI=1S/C26H25ClN4O2/c1-28-11-5-6-12-29-15-9-10-20-18(13-15)22-21(31(20)2)14-17(16-7-3-4-8-19(16)27)23-24(22)26(33)30-25(23)32/h3-4,7-10,13-14,28-29H,5-6,11-12H2,1-2H3,(H,30,32,33). The number of halogens is 1. The zero-order valence-corrected chi connectivity index (χ0v) is 19.3. The van der Waals surface area contributed by atoms with Crippen molar-refractivity contribution in [3.8, 4) is 11.1 Å². The molecule has 1 aliphatic rings. The van der Waals surface area contributed by atoms with Crippen LogP contribution in [0, 0.1) is 0 Å². The van der Waals surface area contributed by atoms with Gasteiger partial charge in [0.2, 0.25) is 0 Å². The van der Waals surface area contributed by atoms with E-state index in [-0.39, 0.29) is 11.8 Å². The van der Waals surface area contributed by atoms with Gasteiger partial charge in [-0.3, -0.25) is 14.9 Å². The van der Waals surface area contributed by atoms with E-state index in [2.05, 4.69) is 38.7 Å². The Bertz CT molecular complexity index is 1420. The van der Waals surface area contributed by atoms with Crippen LogP contribution in [0.25, 0.3) is 32.9 Å². The maximum absolute atomic E-state index is 13.0. The van der Waals surface area contributed by atoms with E-state index in [1.165, 1.54) is 0 Å². The summed E-state index contributed by atoms with van der Waals surface area (Å²) in [6.07, 6.45) is 2.16. The van der Waals surface area contributed by atoms with Gasteiger partial charge in [0, 0.05) is 46.2 Å². The fourth-order valence-electron chi connectivity index (χ4n) is 4.72. The summed E-state index contributed by atoms with van der Waals surface area (Å²) < 4.78 is 2.07. The number of hydrogen-bond donors (Lipinski definition) is 3. The van der Waals surface area contributed by atoms with E-state index in [0.29, 0.717) is 21.7 Å². The van der Waals surface area contributed by atoms with Gasteiger partial charge in [0.05, 0.1) is 16.6 Å². The Morgan fingerprint density at radius 2 is 1.67 bits per heavy atom. The summed E-state index contributed by atoms with van der Waals surface area (Å²) >= 11 is 6.48. The lowest BCUT2D eigenvalue weighted by Gasteiger charge is -2.10. The normalized spacial score (nSPS) is 13.1. The van der Waals surface area contributed by atoms with Gasteiger partial charge in [-0.2, -0.15) is 0 Å². The minimum atomic E-state index is -0.386. The van der Waals surface area contributed by atoms with Crippen LogP contribution < -0.4 is 16.0 Å². The van der Waals surface area contributed by atoms with Crippen LogP contribution in [0.2, 0.25) is 5.02 Å². The first kappa shape index (κ1) is 21.5. The molecule has 4 aromatic rings. The number of carbonyl (C=O) groups excluding carboxylic acids is 2. The Kier molecular flexibility index (Phi) is 5.56. The SMILES string of the molecule is CNCCCCNc1ccc2c(c1)c1c3c(c(-c4ccccc4Cl)cc1n2C)C(=O)NC3=O. The molecule has 2 amide bonds. The Morgan fingerprint density at radius 1 is 0.909 bits per heavy atom. The van der Waals surface area contributed by atoms with Crippen LogP contribution in [-0.2, 0) is 7.05 Å². The highest BCUT2D eigenvalue weighted by Crippen LogP contribution is 2.42. The third kappa shape index (κ3) is 3.56. The number of aryl methyl sites for hydroxylation is 1. The van der Waals surface area contributed by atoms with E-state index < -0.39 is 0 Å². The predicted molar refractivity (Wildman–Crippen MR) is 134 cm³/mol. The first-order chi connectivity index (χ1) is 16.0. The van der Waals surface area contributed by atoms with Crippen LogP contribution in [0.5, 0.6) is 0 Å². The maximum atomic E-state index is 13.0. The van der Waals surface area contributed by atoms with Crippen molar-refractivity contribution in [3.63, 3.8) is 0 Å². The molecule has 0 unspecified atom stereocenters. The molecule has 3 N–H and O–H groups in total. The molecule has 6 nitrogen and oxygen atoms in total. The molecule has 0 saturated heterocycles. The molecule has 33 heavy (non-hydrogen) atoms. The number of unbranched alkanes of at least 4 members (excludes halogenated alkanes) is 1. The smallest absolute Gasteiger partial charge is 0.259 e. The van der Waals surface area contributed by atoms with Crippen molar-refractivity contribution in [2.24, 2.45) is 7.05 Å². The largest absolute Gasteiger partial charge is 0.385 e. The van der Waals surface area contributed by atoms with Gasteiger partial charge in [-0.25, -0.2) is 0 Å². The van der Waals surface area contributed by atoms with E-state index in [9.17, 15) is 9.59 Å². The molecule has 0 spiro atoms. The Labute approximate surface area is 196 Å². The highest BCUT2D eigenvalue weighted by molar-refractivity contribution is 6.36. The van der Waals surface area contributed by atoms with E-state index in [4.69, 9.17) is 11.6 Å². The topological polar surface area (TPSA) is 75.2 Å². The van der Waals surface area contributed by atoms with Crippen molar-refractivity contribution < 1.29 is 9.59 Å². The van der Waals surface area contributed by atoms with Gasteiger partial charge in [0.15, 0.2) is 0 Å². The highest BCUT2D eigenvalue weighted by atomic mass is 35.5. The fraction of sp³-hybridized carbons (Fsp3) is 0.231. The minimum Gasteiger partial charge on any atom is -0.385 e. The number of nitrogens with zero attached hydrogens (tertiary/aromatic N) is 1. The molecule has 0 aliphatic carbocycles. The van der Waals surface area contributed by atoms with Crippen LogP contribution in [0.3, 0.4) is 0 Å². The molecular formula is C26H25ClN4O2. The lowest BCUT2D eigenvalue weighted by atomic mass is 9.93. The summed E-state index contributed by atoms with van der Waals surface area (Å²) in [6, 6.07) is 15.5. The Morgan fingerprint density at radius 3 is 2.45 bits per heavy atom. The van der Waals surface area contributed by atoms with Crippen molar-refractivity contribution in [3.05, 3.63) is 64.7 Å². The van der Waals surface area contributed by atoms with Crippen molar-refractivity contribution >= 4 is 50.9 Å². The lowest BCUT2D eigenvalue weighted by molar-refractivity contribution is 0.0880. The van der Waals surface area contributed by atoms with Crippen molar-refractivity contribution in [2.75, 3.05) is 25.5 Å². The van der Waals surface area contributed by atoms with Crippen LogP contribution in [-0.4, -0.2) is 36.5 Å². The maximum Gasteiger partial charge on any atom is 0.259 e. The van der Waals surface area contributed by atoms with Crippen molar-refractivity contribution in [1.82, 2.24) is 15.2 Å². The second-order valence-corrected chi connectivity index (χ2v) is 8.77. The Balaban J connectivity index is 1.71. The van der Waals surface area contributed by atoms with Gasteiger partial charge < -0.3 is 15.2 Å². The molecule has 2 heterocycles. The average Bonchev–Trinajstić information content (AvgIpc) is 3.26. The second kappa shape index (κ2) is 8.54. The average molecular weight is 461 g/mol. The van der Waals surface area contributed by atoms with Crippen LogP contribution in [0.1, 0.15) is 33.6 Å². The summed E-state index contributed by atoms with van der Waals surface area (Å²) in [6.45, 7) is 1.86. The highest BCUT2D eigenvalue weighted by Gasteiger charge is 2.34. The molecule has 0 bridgehead atoms. The number of aromatic nitrogens is 1. The molecule has 7 heteroatoms. The lowest BCUT2D eigenvalue weighted by Crippen LogP contribution is -2.20. The van der Waals surface area contributed by atoms with E-state index in [0.717, 1.165) is 59.0 Å². The third-order valence-corrected chi connectivity index (χ3v) is 6.65. The molecule has 5 rings (SSSR count).